The molecule has 0 bridgehead atoms. The number of hydrogen-bond donors (Lipinski definition) is 5. The van der Waals surface area contributed by atoms with Gasteiger partial charge in [0.2, 0.25) is 29.5 Å². The summed E-state index contributed by atoms with van der Waals surface area (Å²) in [4.78, 5) is 81.1. The summed E-state index contributed by atoms with van der Waals surface area (Å²) < 4.78 is 0. The number of hydrogen-bond acceptors (Lipinski definition) is 7. The molecule has 2 aromatic rings. The molecule has 350 valence electrons. The molecular formula is C50H79N7O6. The van der Waals surface area contributed by atoms with Gasteiger partial charge in [-0.2, -0.15) is 0 Å². The maximum Gasteiger partial charge on any atom is 0.252 e. The molecule has 1 unspecified atom stereocenters. The third-order valence-corrected chi connectivity index (χ3v) is 13.7. The zero-order chi connectivity index (χ0) is 47.0. The van der Waals surface area contributed by atoms with Crippen LogP contribution in [0.4, 0.5) is 0 Å². The van der Waals surface area contributed by atoms with Gasteiger partial charge in [-0.05, 0) is 98.4 Å². The van der Waals surface area contributed by atoms with Crippen molar-refractivity contribution < 1.29 is 28.8 Å². The van der Waals surface area contributed by atoms with Gasteiger partial charge in [-0.15, -0.1) is 0 Å². The molecule has 6 amide bonds. The topological polar surface area (TPSA) is 169 Å². The van der Waals surface area contributed by atoms with Crippen LogP contribution in [-0.4, -0.2) is 108 Å². The third kappa shape index (κ3) is 12.2. The van der Waals surface area contributed by atoms with E-state index in [2.05, 4.69) is 26.6 Å². The number of fused-ring (bicyclic) bond motifs is 3. The second kappa shape index (κ2) is 21.9. The first kappa shape index (κ1) is 51.1. The number of likely N-dealkylation sites (N-methyl/N-ethyl adjacent to an activating group) is 1. The first-order valence-electron chi connectivity index (χ1n) is 23.6. The van der Waals surface area contributed by atoms with E-state index in [1.165, 1.54) is 6.92 Å². The highest BCUT2D eigenvalue weighted by Gasteiger charge is 2.51. The van der Waals surface area contributed by atoms with E-state index in [1.54, 1.807) is 14.0 Å². The molecule has 13 nitrogen and oxygen atoms in total. The zero-order valence-corrected chi connectivity index (χ0v) is 40.5. The van der Waals surface area contributed by atoms with Crippen LogP contribution >= 0.6 is 0 Å². The van der Waals surface area contributed by atoms with Crippen molar-refractivity contribution in [2.75, 3.05) is 20.1 Å². The molecule has 13 heteroatoms. The highest BCUT2D eigenvalue weighted by atomic mass is 16.2. The Morgan fingerprint density at radius 3 is 1.62 bits per heavy atom. The van der Waals surface area contributed by atoms with Crippen molar-refractivity contribution in [3.63, 3.8) is 0 Å². The van der Waals surface area contributed by atoms with Crippen LogP contribution in [0.2, 0.25) is 0 Å². The van der Waals surface area contributed by atoms with Gasteiger partial charge in [-0.25, -0.2) is 0 Å². The van der Waals surface area contributed by atoms with E-state index in [9.17, 15) is 28.8 Å². The fourth-order valence-corrected chi connectivity index (χ4v) is 9.87. The summed E-state index contributed by atoms with van der Waals surface area (Å²) in [6.07, 6.45) is 6.43. The van der Waals surface area contributed by atoms with E-state index in [0.29, 0.717) is 30.5 Å². The molecule has 10 atom stereocenters. The lowest BCUT2D eigenvalue weighted by Crippen LogP contribution is -2.60. The van der Waals surface area contributed by atoms with Gasteiger partial charge < -0.3 is 36.4 Å². The van der Waals surface area contributed by atoms with E-state index >= 15 is 0 Å². The molecule has 2 aliphatic heterocycles. The van der Waals surface area contributed by atoms with E-state index < -0.39 is 23.5 Å². The molecule has 2 saturated heterocycles. The summed E-state index contributed by atoms with van der Waals surface area (Å²) in [5.74, 6) is 0.211. The summed E-state index contributed by atoms with van der Waals surface area (Å²) in [5, 5.41) is 17.2. The molecular weight excluding hydrogens is 795 g/mol. The SMILES string of the molecule is CC.CC[C@@H](C)C(=O)N[C@H](C(=O)N1CC[C@H]2CCC(NC(C)=O)[C@H]21)C(C)(C)C.CN[C@@H](C)C(=O)N[C@H](C(=O)N1CC[C@H]2CC[C@H](NC(=O)c3cccc4ccccc34)[C@H]21)C(C)(C)C. The summed E-state index contributed by atoms with van der Waals surface area (Å²) in [5.41, 5.74) is -0.165. The van der Waals surface area contributed by atoms with Crippen LogP contribution in [0.3, 0.4) is 0 Å². The van der Waals surface area contributed by atoms with Crippen LogP contribution in [-0.2, 0) is 24.0 Å². The quantitative estimate of drug-likeness (QED) is 0.179. The molecule has 5 N–H and O–H groups in total. The van der Waals surface area contributed by atoms with Crippen molar-refractivity contribution in [1.29, 1.82) is 0 Å². The normalized spacial score (nSPS) is 24.6. The van der Waals surface area contributed by atoms with Crippen LogP contribution in [0.15, 0.2) is 42.5 Å². The number of amides is 6. The Labute approximate surface area is 377 Å². The van der Waals surface area contributed by atoms with Crippen LogP contribution < -0.4 is 26.6 Å². The Hall–Kier alpha value is -4.52. The molecule has 0 aromatic heterocycles. The summed E-state index contributed by atoms with van der Waals surface area (Å²) in [7, 11) is 1.73. The highest BCUT2D eigenvalue weighted by Crippen LogP contribution is 2.41. The molecule has 63 heavy (non-hydrogen) atoms. The molecule has 2 aliphatic carbocycles. The molecule has 2 saturated carbocycles. The van der Waals surface area contributed by atoms with Gasteiger partial charge in [0.05, 0.1) is 18.1 Å². The zero-order valence-electron chi connectivity index (χ0n) is 40.5. The average molecular weight is 874 g/mol. The Morgan fingerprint density at radius 1 is 0.667 bits per heavy atom. The van der Waals surface area contributed by atoms with E-state index in [-0.39, 0.29) is 70.9 Å². The van der Waals surface area contributed by atoms with Gasteiger partial charge in [-0.1, -0.05) is 106 Å². The lowest BCUT2D eigenvalue weighted by molar-refractivity contribution is -0.141. The summed E-state index contributed by atoms with van der Waals surface area (Å²) in [6.45, 7) is 24.4. The molecule has 4 aliphatic rings. The number of carbonyl (C=O) groups excluding carboxylic acids is 6. The molecule has 0 radical (unpaired) electrons. The lowest BCUT2D eigenvalue weighted by atomic mass is 9.85. The average Bonchev–Trinajstić information content (AvgIpc) is 4.05. The van der Waals surface area contributed by atoms with E-state index in [4.69, 9.17) is 0 Å². The maximum atomic E-state index is 13.8. The number of carbonyl (C=O) groups is 6. The predicted molar refractivity (Wildman–Crippen MR) is 251 cm³/mol. The smallest absolute Gasteiger partial charge is 0.252 e. The number of likely N-dealkylation sites (tertiary alicyclic amines) is 2. The van der Waals surface area contributed by atoms with E-state index in [0.717, 1.165) is 55.7 Å². The van der Waals surface area contributed by atoms with Crippen LogP contribution in [0, 0.1) is 28.6 Å². The lowest BCUT2D eigenvalue weighted by Gasteiger charge is -2.38. The summed E-state index contributed by atoms with van der Waals surface area (Å²) in [6, 6.07) is 12.0. The van der Waals surface area contributed by atoms with Crippen LogP contribution in [0.5, 0.6) is 0 Å². The van der Waals surface area contributed by atoms with Gasteiger partial charge >= 0.3 is 0 Å². The maximum absolute atomic E-state index is 13.8. The van der Waals surface area contributed by atoms with E-state index in [1.807, 2.05) is 122 Å². The fraction of sp³-hybridized carbons (Fsp3) is 0.680. The van der Waals surface area contributed by atoms with Crippen LogP contribution in [0.25, 0.3) is 10.8 Å². The minimum atomic E-state index is -0.639. The number of nitrogens with zero attached hydrogens (tertiary/aromatic N) is 2. The Bertz CT molecular complexity index is 1920. The van der Waals surface area contributed by atoms with Crippen molar-refractivity contribution in [2.24, 2.45) is 28.6 Å². The van der Waals surface area contributed by atoms with Crippen molar-refractivity contribution in [1.82, 2.24) is 36.4 Å². The van der Waals surface area contributed by atoms with Gasteiger partial charge in [0.15, 0.2) is 0 Å². The first-order chi connectivity index (χ1) is 29.7. The Morgan fingerprint density at radius 2 is 1.14 bits per heavy atom. The second-order valence-corrected chi connectivity index (χ2v) is 20.1. The summed E-state index contributed by atoms with van der Waals surface area (Å²) >= 11 is 0. The third-order valence-electron chi connectivity index (χ3n) is 13.7. The standard InChI is InChI=1S/C28H38N4O3.C20H35N3O3.C2H6/c1-17(29-5)25(33)31-24(28(2,3)4)27(35)32-16-15-19-13-14-22(23(19)32)30-26(34)21-12-8-10-18-9-6-7-11-20(18)21;1-7-12(2)18(25)22-17(20(4,5)6)19(26)23-11-10-14-8-9-15(16(14)23)21-13(3)24;1-2/h6-12,17,19,22-24,29H,13-16H2,1-5H3,(H,30,34)(H,31,33);12,14-17H,7-11H2,1-6H3,(H,21,24)(H,22,25);1-2H3/t17-,19+,22-,23-,24+;12-,14-,15?,16+,17-;/m01./s1. The Balaban J connectivity index is 0.000000278. The molecule has 0 spiro atoms. The molecule has 6 rings (SSSR count). The number of rotatable bonds is 11. The molecule has 4 fully saturated rings. The monoisotopic (exact) mass is 874 g/mol. The molecule has 2 heterocycles. The van der Waals surface area contributed by atoms with Crippen molar-refractivity contribution in [3.05, 3.63) is 48.0 Å². The Kier molecular flexibility index (Phi) is 17.8. The minimum absolute atomic E-state index is 0.0149. The van der Waals surface area contributed by atoms with Crippen molar-refractivity contribution in [2.45, 2.75) is 170 Å². The van der Waals surface area contributed by atoms with Gasteiger partial charge in [0.1, 0.15) is 12.1 Å². The van der Waals surface area contributed by atoms with Gasteiger partial charge in [0, 0.05) is 43.6 Å². The minimum Gasteiger partial charge on any atom is -0.352 e. The fourth-order valence-electron chi connectivity index (χ4n) is 9.87. The van der Waals surface area contributed by atoms with Crippen molar-refractivity contribution >= 4 is 46.2 Å². The second-order valence-electron chi connectivity index (χ2n) is 20.1. The predicted octanol–water partition coefficient (Wildman–Crippen LogP) is 6.19. The molecule has 2 aromatic carbocycles. The van der Waals surface area contributed by atoms with Crippen molar-refractivity contribution in [3.8, 4) is 0 Å². The highest BCUT2D eigenvalue weighted by molar-refractivity contribution is 6.07. The van der Waals surface area contributed by atoms with Gasteiger partial charge in [0.25, 0.3) is 5.91 Å². The van der Waals surface area contributed by atoms with Crippen LogP contribution in [0.1, 0.15) is 138 Å². The number of nitrogens with one attached hydrogen (secondary N) is 5. The van der Waals surface area contributed by atoms with Gasteiger partial charge in [-0.3, -0.25) is 28.8 Å². The first-order valence-corrected chi connectivity index (χ1v) is 23.6. The largest absolute Gasteiger partial charge is 0.352 e. The number of benzene rings is 2.